The van der Waals surface area contributed by atoms with Crippen LogP contribution in [0.2, 0.25) is 0 Å². The Morgan fingerprint density at radius 2 is 1.56 bits per heavy atom. The van der Waals surface area contributed by atoms with Gasteiger partial charge >= 0.3 is 0 Å². The molecular formula is C27H25N3O2. The van der Waals surface area contributed by atoms with Crippen molar-refractivity contribution >= 4 is 10.9 Å². The molecule has 5 heteroatoms. The number of hydrogen-bond donors (Lipinski definition) is 0. The Balaban J connectivity index is 1.67. The number of methoxy groups -OCH3 is 1. The summed E-state index contributed by atoms with van der Waals surface area (Å²) in [6.07, 6.45) is 2.16. The molecule has 0 unspecified atom stereocenters. The van der Waals surface area contributed by atoms with E-state index in [1.54, 1.807) is 7.11 Å². The fraction of sp³-hybridized carbons (Fsp3) is 0.185. The second kappa shape index (κ2) is 8.35. The maximum absolute atomic E-state index is 5.59. The van der Waals surface area contributed by atoms with Crippen LogP contribution in [0.4, 0.5) is 0 Å². The van der Waals surface area contributed by atoms with Crippen LogP contribution in [0.25, 0.3) is 33.4 Å². The Kier molecular flexibility index (Phi) is 5.23. The summed E-state index contributed by atoms with van der Waals surface area (Å²) < 4.78 is 13.4. The van der Waals surface area contributed by atoms with E-state index in [1.807, 2.05) is 43.3 Å². The highest BCUT2D eigenvalue weighted by atomic mass is 16.5. The fourth-order valence-corrected chi connectivity index (χ4v) is 4.06. The van der Waals surface area contributed by atoms with E-state index >= 15 is 0 Å². The number of fused-ring (bicyclic) bond motifs is 3. The number of aryl methyl sites for hydroxylation is 1. The van der Waals surface area contributed by atoms with Gasteiger partial charge in [-0.05, 0) is 61.9 Å². The molecule has 3 aromatic carbocycles. The number of ether oxygens (including phenoxy) is 2. The third kappa shape index (κ3) is 3.66. The first kappa shape index (κ1) is 20.1. The Hall–Kier alpha value is -3.86. The predicted molar refractivity (Wildman–Crippen MR) is 128 cm³/mol. The van der Waals surface area contributed by atoms with Crippen molar-refractivity contribution < 1.29 is 9.47 Å². The lowest BCUT2D eigenvalue weighted by Gasteiger charge is -2.16. The van der Waals surface area contributed by atoms with Gasteiger partial charge in [0.25, 0.3) is 0 Å². The molecule has 0 atom stereocenters. The van der Waals surface area contributed by atoms with E-state index < -0.39 is 0 Å². The molecule has 0 saturated carbocycles. The third-order valence-corrected chi connectivity index (χ3v) is 5.73. The third-order valence-electron chi connectivity index (χ3n) is 5.73. The van der Waals surface area contributed by atoms with Crippen LogP contribution in [0.15, 0.2) is 72.9 Å². The van der Waals surface area contributed by atoms with Gasteiger partial charge in [-0.25, -0.2) is 0 Å². The normalized spacial score (nSPS) is 11.2. The Morgan fingerprint density at radius 1 is 0.844 bits per heavy atom. The van der Waals surface area contributed by atoms with Gasteiger partial charge in [-0.1, -0.05) is 29.8 Å². The lowest BCUT2D eigenvalue weighted by molar-refractivity contribution is 0.340. The zero-order chi connectivity index (χ0) is 22.1. The molecule has 2 heterocycles. The summed E-state index contributed by atoms with van der Waals surface area (Å²) in [4.78, 5) is 0. The monoisotopic (exact) mass is 423 g/mol. The van der Waals surface area contributed by atoms with Crippen LogP contribution in [0.5, 0.6) is 11.5 Å². The van der Waals surface area contributed by atoms with Crippen LogP contribution in [0.3, 0.4) is 0 Å². The van der Waals surface area contributed by atoms with Gasteiger partial charge in [0.15, 0.2) is 0 Å². The van der Waals surface area contributed by atoms with E-state index in [-0.39, 0.29) is 0 Å². The van der Waals surface area contributed by atoms with Crippen molar-refractivity contribution in [1.82, 2.24) is 14.8 Å². The van der Waals surface area contributed by atoms with Crippen molar-refractivity contribution in [2.45, 2.75) is 20.4 Å². The molecule has 5 nitrogen and oxygen atoms in total. The standard InChI is InChI=1S/C27H25N3O2/c1-4-32-21-11-9-20(10-12-21)26-24-17-30(16-19-7-5-18(2)6-8-19)25-14-13-22(31-3)15-23(25)27(24)29-28-26/h5-15,17H,4,16H2,1-3H3. The molecule has 0 aromatic heterocycles. The van der Waals surface area contributed by atoms with E-state index in [1.165, 1.54) is 11.1 Å². The van der Waals surface area contributed by atoms with Crippen molar-refractivity contribution in [2.24, 2.45) is 0 Å². The summed E-state index contributed by atoms with van der Waals surface area (Å²) in [5, 5.41) is 10.2. The molecule has 32 heavy (non-hydrogen) atoms. The van der Waals surface area contributed by atoms with Gasteiger partial charge in [0.1, 0.15) is 22.9 Å². The van der Waals surface area contributed by atoms with Crippen LogP contribution in [-0.2, 0) is 6.54 Å². The molecular weight excluding hydrogens is 398 g/mol. The minimum absolute atomic E-state index is 0.644. The summed E-state index contributed by atoms with van der Waals surface area (Å²) >= 11 is 0. The summed E-state index contributed by atoms with van der Waals surface area (Å²) in [5.74, 6) is 1.65. The van der Waals surface area contributed by atoms with Crippen molar-refractivity contribution in [3.8, 4) is 34.0 Å². The Morgan fingerprint density at radius 3 is 2.28 bits per heavy atom. The first-order valence-electron chi connectivity index (χ1n) is 10.8. The van der Waals surface area contributed by atoms with E-state index in [0.29, 0.717) is 6.61 Å². The molecule has 0 fully saturated rings. The van der Waals surface area contributed by atoms with Crippen LogP contribution < -0.4 is 9.47 Å². The highest BCUT2D eigenvalue weighted by molar-refractivity contribution is 5.98. The van der Waals surface area contributed by atoms with Gasteiger partial charge < -0.3 is 14.0 Å². The second-order valence-electron chi connectivity index (χ2n) is 7.89. The Bertz CT molecular complexity index is 1340. The number of nitrogens with zero attached hydrogens (tertiary/aromatic N) is 3. The summed E-state index contributed by atoms with van der Waals surface area (Å²) in [7, 11) is 1.68. The molecule has 5 rings (SSSR count). The smallest absolute Gasteiger partial charge is 0.119 e. The van der Waals surface area contributed by atoms with Gasteiger partial charge in [-0.2, -0.15) is 0 Å². The van der Waals surface area contributed by atoms with Crippen molar-refractivity contribution in [2.75, 3.05) is 13.7 Å². The summed E-state index contributed by atoms with van der Waals surface area (Å²) in [6, 6.07) is 22.8. The second-order valence-corrected chi connectivity index (χ2v) is 7.89. The first-order chi connectivity index (χ1) is 15.7. The van der Waals surface area contributed by atoms with Gasteiger partial charge in [-0.15, -0.1) is 10.2 Å². The number of aromatic nitrogens is 3. The molecule has 0 aliphatic carbocycles. The molecule has 160 valence electrons. The molecule has 0 saturated heterocycles. The van der Waals surface area contributed by atoms with E-state index in [0.717, 1.165) is 51.5 Å². The first-order valence-corrected chi connectivity index (χ1v) is 10.8. The highest BCUT2D eigenvalue weighted by Crippen LogP contribution is 2.38. The summed E-state index contributed by atoms with van der Waals surface area (Å²) in [5.41, 5.74) is 7.37. The fourth-order valence-electron chi connectivity index (χ4n) is 4.06. The largest absolute Gasteiger partial charge is 0.497 e. The Labute approximate surface area is 187 Å². The zero-order valence-corrected chi connectivity index (χ0v) is 18.5. The topological polar surface area (TPSA) is 49.2 Å². The van der Waals surface area contributed by atoms with E-state index in [9.17, 15) is 0 Å². The zero-order valence-electron chi connectivity index (χ0n) is 18.5. The number of rotatable bonds is 6. The minimum Gasteiger partial charge on any atom is -0.497 e. The minimum atomic E-state index is 0.644. The SMILES string of the molecule is CCOc1ccc(-c2nnc3c4cc(OC)ccc4n(Cc4ccc(C)cc4)cc2-3)cc1. The number of pyridine rings is 1. The van der Waals surface area contributed by atoms with Gasteiger partial charge in [0.05, 0.1) is 19.2 Å². The molecule has 3 aromatic rings. The van der Waals surface area contributed by atoms with Gasteiger partial charge in [-0.3, -0.25) is 0 Å². The average Bonchev–Trinajstić information content (AvgIpc) is 3.25. The molecule has 0 radical (unpaired) electrons. The van der Waals surface area contributed by atoms with Crippen molar-refractivity contribution in [3.05, 3.63) is 84.1 Å². The predicted octanol–water partition coefficient (Wildman–Crippen LogP) is 5.97. The lowest BCUT2D eigenvalue weighted by atomic mass is 10.0. The average molecular weight is 424 g/mol. The van der Waals surface area contributed by atoms with Crippen LogP contribution in [0, 0.1) is 6.92 Å². The molecule has 2 aliphatic rings. The van der Waals surface area contributed by atoms with E-state index in [4.69, 9.17) is 9.47 Å². The quantitative estimate of drug-likeness (QED) is 0.338. The summed E-state index contributed by atoms with van der Waals surface area (Å²) in [6.45, 7) is 5.49. The van der Waals surface area contributed by atoms with E-state index in [2.05, 4.69) is 58.2 Å². The van der Waals surface area contributed by atoms with Crippen LogP contribution >= 0.6 is 0 Å². The lowest BCUT2D eigenvalue weighted by Crippen LogP contribution is -2.04. The molecule has 0 amide bonds. The highest BCUT2D eigenvalue weighted by Gasteiger charge is 2.21. The molecule has 0 spiro atoms. The number of benzene rings is 3. The number of hydrogen-bond acceptors (Lipinski definition) is 4. The maximum Gasteiger partial charge on any atom is 0.119 e. The molecule has 0 N–H and O–H groups in total. The molecule has 0 bridgehead atoms. The van der Waals surface area contributed by atoms with Crippen LogP contribution in [0.1, 0.15) is 18.1 Å². The van der Waals surface area contributed by atoms with Crippen molar-refractivity contribution in [1.29, 1.82) is 0 Å². The van der Waals surface area contributed by atoms with Gasteiger partial charge in [0.2, 0.25) is 0 Å². The van der Waals surface area contributed by atoms with Crippen molar-refractivity contribution in [3.63, 3.8) is 0 Å². The maximum atomic E-state index is 5.59. The molecule has 2 aliphatic heterocycles. The van der Waals surface area contributed by atoms with Gasteiger partial charge in [0, 0.05) is 29.3 Å². The van der Waals surface area contributed by atoms with Crippen LogP contribution in [-0.4, -0.2) is 28.5 Å².